The standard InChI is InChI=1S/C21H30N6O.HI/c1-2-23-21(26-10-6-9-18(14-26)11-20(22)28)24-12-19-13-25-27(16-19)15-17-7-4-3-5-8-17;/h3-5,7-8,13,16,18H,2,6,9-12,14-15H2,1H3,(H2,22,28)(H,23,24);1H. The van der Waals surface area contributed by atoms with Crippen LogP contribution in [-0.2, 0) is 17.9 Å². The fourth-order valence-corrected chi connectivity index (χ4v) is 3.65. The van der Waals surface area contributed by atoms with Gasteiger partial charge < -0.3 is 16.0 Å². The molecule has 1 unspecified atom stereocenters. The number of hydrogen-bond donors (Lipinski definition) is 2. The predicted octanol–water partition coefficient (Wildman–Crippen LogP) is 2.60. The molecule has 2 aromatic rings. The van der Waals surface area contributed by atoms with Crippen molar-refractivity contribution in [2.45, 2.75) is 39.3 Å². The van der Waals surface area contributed by atoms with E-state index in [0.717, 1.165) is 50.5 Å². The Balaban J connectivity index is 0.00000300. The summed E-state index contributed by atoms with van der Waals surface area (Å²) in [5.74, 6) is 0.982. The number of halogens is 1. The van der Waals surface area contributed by atoms with Gasteiger partial charge in [0, 0.05) is 37.8 Å². The Morgan fingerprint density at radius 3 is 2.83 bits per heavy atom. The van der Waals surface area contributed by atoms with Gasteiger partial charge >= 0.3 is 0 Å². The first-order valence-electron chi connectivity index (χ1n) is 10.0. The van der Waals surface area contributed by atoms with Crippen LogP contribution in [0.1, 0.15) is 37.3 Å². The van der Waals surface area contributed by atoms with E-state index in [-0.39, 0.29) is 29.9 Å². The molecule has 1 amide bonds. The van der Waals surface area contributed by atoms with Crippen molar-refractivity contribution in [3.05, 3.63) is 53.9 Å². The SMILES string of the molecule is CCNC(=NCc1cnn(Cc2ccccc2)c1)N1CCCC(CC(N)=O)C1.I. The highest BCUT2D eigenvalue weighted by atomic mass is 127. The van der Waals surface area contributed by atoms with E-state index in [1.807, 2.05) is 35.3 Å². The van der Waals surface area contributed by atoms with Gasteiger partial charge in [-0.1, -0.05) is 30.3 Å². The lowest BCUT2D eigenvalue weighted by Gasteiger charge is -2.34. The Morgan fingerprint density at radius 2 is 2.10 bits per heavy atom. The maximum absolute atomic E-state index is 11.3. The summed E-state index contributed by atoms with van der Waals surface area (Å²) in [7, 11) is 0. The van der Waals surface area contributed by atoms with Crippen LogP contribution in [0.2, 0.25) is 0 Å². The summed E-state index contributed by atoms with van der Waals surface area (Å²) < 4.78 is 1.94. The second-order valence-electron chi connectivity index (χ2n) is 7.33. The van der Waals surface area contributed by atoms with Gasteiger partial charge in [-0.05, 0) is 31.2 Å². The van der Waals surface area contributed by atoms with Gasteiger partial charge in [-0.25, -0.2) is 4.99 Å². The van der Waals surface area contributed by atoms with Crippen molar-refractivity contribution in [2.24, 2.45) is 16.6 Å². The highest BCUT2D eigenvalue weighted by molar-refractivity contribution is 14.0. The molecule has 0 bridgehead atoms. The third-order valence-electron chi connectivity index (χ3n) is 4.93. The molecule has 1 fully saturated rings. The summed E-state index contributed by atoms with van der Waals surface area (Å²) >= 11 is 0. The van der Waals surface area contributed by atoms with E-state index in [9.17, 15) is 4.79 Å². The first kappa shape index (κ1) is 23.2. The van der Waals surface area contributed by atoms with Crippen LogP contribution in [0.5, 0.6) is 0 Å². The molecule has 2 heterocycles. The lowest BCUT2D eigenvalue weighted by Crippen LogP contribution is -2.47. The molecule has 3 rings (SSSR count). The Hall–Kier alpha value is -2.10. The minimum absolute atomic E-state index is 0. The number of nitrogens with two attached hydrogens (primary N) is 1. The molecular formula is C21H31IN6O. The van der Waals surface area contributed by atoms with Gasteiger partial charge in [-0.2, -0.15) is 5.10 Å². The molecule has 7 nitrogen and oxygen atoms in total. The van der Waals surface area contributed by atoms with Gasteiger partial charge in [-0.15, -0.1) is 24.0 Å². The normalized spacial score (nSPS) is 16.9. The number of benzene rings is 1. The van der Waals surface area contributed by atoms with Crippen LogP contribution in [0.15, 0.2) is 47.7 Å². The van der Waals surface area contributed by atoms with E-state index < -0.39 is 0 Å². The molecule has 0 radical (unpaired) electrons. The van der Waals surface area contributed by atoms with Gasteiger partial charge in [0.1, 0.15) is 0 Å². The molecule has 1 saturated heterocycles. The van der Waals surface area contributed by atoms with E-state index in [0.29, 0.717) is 18.9 Å². The van der Waals surface area contributed by atoms with Gasteiger partial charge in [0.05, 0.1) is 19.3 Å². The molecule has 0 saturated carbocycles. The minimum atomic E-state index is -0.223. The second kappa shape index (κ2) is 11.8. The van der Waals surface area contributed by atoms with Gasteiger partial charge in [0.15, 0.2) is 5.96 Å². The number of aliphatic imine (C=N–C) groups is 1. The van der Waals surface area contributed by atoms with Crippen LogP contribution in [0.25, 0.3) is 0 Å². The number of aromatic nitrogens is 2. The largest absolute Gasteiger partial charge is 0.370 e. The second-order valence-corrected chi connectivity index (χ2v) is 7.33. The minimum Gasteiger partial charge on any atom is -0.370 e. The summed E-state index contributed by atoms with van der Waals surface area (Å²) in [5, 5.41) is 7.83. The number of carbonyl (C=O) groups excluding carboxylic acids is 1. The summed E-state index contributed by atoms with van der Waals surface area (Å²) in [6, 6.07) is 10.3. The van der Waals surface area contributed by atoms with E-state index >= 15 is 0 Å². The molecule has 0 aliphatic carbocycles. The third-order valence-corrected chi connectivity index (χ3v) is 4.93. The van der Waals surface area contributed by atoms with Crippen molar-refractivity contribution in [1.29, 1.82) is 0 Å². The summed E-state index contributed by atoms with van der Waals surface area (Å²) in [6.45, 7) is 5.98. The maximum Gasteiger partial charge on any atom is 0.217 e. The lowest BCUT2D eigenvalue weighted by atomic mass is 9.95. The smallest absolute Gasteiger partial charge is 0.217 e. The van der Waals surface area contributed by atoms with Gasteiger partial charge in [0.2, 0.25) is 5.91 Å². The zero-order valence-electron chi connectivity index (χ0n) is 17.0. The molecular weight excluding hydrogens is 479 g/mol. The molecule has 1 aromatic carbocycles. The highest BCUT2D eigenvalue weighted by Crippen LogP contribution is 2.19. The van der Waals surface area contributed by atoms with Gasteiger partial charge in [-0.3, -0.25) is 9.48 Å². The summed E-state index contributed by atoms with van der Waals surface area (Å²) in [5.41, 5.74) is 7.69. The number of nitrogens with one attached hydrogen (secondary N) is 1. The van der Waals surface area contributed by atoms with Crippen LogP contribution in [0.3, 0.4) is 0 Å². The first-order chi connectivity index (χ1) is 13.6. The average Bonchev–Trinajstić information content (AvgIpc) is 3.13. The van der Waals surface area contributed by atoms with E-state index in [2.05, 4.69) is 34.4 Å². The summed E-state index contributed by atoms with van der Waals surface area (Å²) in [6.07, 6.45) is 6.47. The first-order valence-corrected chi connectivity index (χ1v) is 10.0. The molecule has 8 heteroatoms. The molecule has 1 atom stereocenters. The summed E-state index contributed by atoms with van der Waals surface area (Å²) in [4.78, 5) is 18.3. The fourth-order valence-electron chi connectivity index (χ4n) is 3.65. The number of guanidine groups is 1. The van der Waals surface area contributed by atoms with Crippen LogP contribution < -0.4 is 11.1 Å². The number of hydrogen-bond acceptors (Lipinski definition) is 3. The number of carbonyl (C=O) groups is 1. The maximum atomic E-state index is 11.3. The van der Waals surface area contributed by atoms with Crippen LogP contribution >= 0.6 is 24.0 Å². The van der Waals surface area contributed by atoms with E-state index in [1.54, 1.807) is 0 Å². The van der Waals surface area contributed by atoms with Crippen LogP contribution in [-0.4, -0.2) is 46.2 Å². The molecule has 0 spiro atoms. The Morgan fingerprint density at radius 1 is 1.31 bits per heavy atom. The number of amides is 1. The molecule has 3 N–H and O–H groups in total. The Kier molecular flexibility index (Phi) is 9.43. The molecule has 1 aliphatic rings. The average molecular weight is 510 g/mol. The van der Waals surface area contributed by atoms with Crippen molar-refractivity contribution in [3.8, 4) is 0 Å². The van der Waals surface area contributed by atoms with Crippen molar-refractivity contribution in [2.75, 3.05) is 19.6 Å². The zero-order chi connectivity index (χ0) is 19.8. The number of rotatable bonds is 7. The fraction of sp³-hybridized carbons (Fsp3) is 0.476. The lowest BCUT2D eigenvalue weighted by molar-refractivity contribution is -0.119. The molecule has 1 aliphatic heterocycles. The Bertz CT molecular complexity index is 791. The quantitative estimate of drug-likeness (QED) is 0.341. The molecule has 29 heavy (non-hydrogen) atoms. The van der Waals surface area contributed by atoms with Crippen molar-refractivity contribution in [1.82, 2.24) is 20.0 Å². The molecule has 158 valence electrons. The van der Waals surface area contributed by atoms with E-state index in [4.69, 9.17) is 10.7 Å². The van der Waals surface area contributed by atoms with Crippen molar-refractivity contribution in [3.63, 3.8) is 0 Å². The van der Waals surface area contributed by atoms with Gasteiger partial charge in [0.25, 0.3) is 0 Å². The highest BCUT2D eigenvalue weighted by Gasteiger charge is 2.23. The van der Waals surface area contributed by atoms with Crippen LogP contribution in [0, 0.1) is 5.92 Å². The topological polar surface area (TPSA) is 88.5 Å². The number of piperidine rings is 1. The van der Waals surface area contributed by atoms with Crippen molar-refractivity contribution >= 4 is 35.8 Å². The van der Waals surface area contributed by atoms with Crippen LogP contribution in [0.4, 0.5) is 0 Å². The van der Waals surface area contributed by atoms with Crippen molar-refractivity contribution < 1.29 is 4.79 Å². The monoisotopic (exact) mass is 510 g/mol. The number of nitrogens with zero attached hydrogens (tertiary/aromatic N) is 4. The Labute approximate surface area is 189 Å². The number of likely N-dealkylation sites (tertiary alicyclic amines) is 1. The number of primary amides is 1. The zero-order valence-corrected chi connectivity index (χ0v) is 19.3. The van der Waals surface area contributed by atoms with E-state index in [1.165, 1.54) is 5.56 Å². The molecule has 1 aromatic heterocycles. The predicted molar refractivity (Wildman–Crippen MR) is 126 cm³/mol. The third kappa shape index (κ3) is 7.34.